The highest BCUT2D eigenvalue weighted by Gasteiger charge is 2.16. The molecule has 0 heterocycles. The second-order valence-electron chi connectivity index (χ2n) is 6.88. The third-order valence-electron chi connectivity index (χ3n) is 4.78. The van der Waals surface area contributed by atoms with Gasteiger partial charge in [-0.25, -0.2) is 13.1 Å². The predicted molar refractivity (Wildman–Crippen MR) is 110 cm³/mol. The number of rotatable bonds is 8. The van der Waals surface area contributed by atoms with Crippen LogP contribution in [0.1, 0.15) is 40.7 Å². The maximum absolute atomic E-state index is 12.3. The third kappa shape index (κ3) is 5.88. The van der Waals surface area contributed by atoms with Gasteiger partial charge in [0.25, 0.3) is 0 Å². The van der Waals surface area contributed by atoms with Crippen molar-refractivity contribution in [1.29, 1.82) is 0 Å². The lowest BCUT2D eigenvalue weighted by Crippen LogP contribution is -2.27. The van der Waals surface area contributed by atoms with Crippen molar-refractivity contribution >= 4 is 33.4 Å². The molecular weight excluding hydrogens is 414 g/mol. The number of ketones is 1. The van der Waals surface area contributed by atoms with Gasteiger partial charge in [0.05, 0.1) is 11.3 Å². The number of Topliss-reactive ketones (excluding diaryl/α,β-unsaturated/α-hetero) is 1. The van der Waals surface area contributed by atoms with Gasteiger partial charge in [-0.2, -0.15) is 0 Å². The molecule has 0 unspecified atom stereocenters. The highest BCUT2D eigenvalue weighted by molar-refractivity contribution is 7.89. The van der Waals surface area contributed by atoms with E-state index in [2.05, 4.69) is 4.72 Å². The van der Waals surface area contributed by atoms with E-state index in [1.807, 2.05) is 12.1 Å². The van der Waals surface area contributed by atoms with E-state index in [1.165, 1.54) is 41.8 Å². The van der Waals surface area contributed by atoms with Crippen LogP contribution in [0.2, 0.25) is 5.02 Å². The van der Waals surface area contributed by atoms with Crippen molar-refractivity contribution in [3.8, 4) is 0 Å². The number of carbonyl (C=O) groups is 2. The van der Waals surface area contributed by atoms with Gasteiger partial charge in [-0.1, -0.05) is 23.7 Å². The van der Waals surface area contributed by atoms with E-state index in [4.69, 9.17) is 16.3 Å². The summed E-state index contributed by atoms with van der Waals surface area (Å²) in [5, 5.41) is 0.427. The molecule has 0 radical (unpaired) electrons. The van der Waals surface area contributed by atoms with Crippen molar-refractivity contribution in [3.63, 3.8) is 0 Å². The summed E-state index contributed by atoms with van der Waals surface area (Å²) < 4.78 is 31.6. The molecule has 154 valence electrons. The van der Waals surface area contributed by atoms with Crippen LogP contribution in [0, 0.1) is 0 Å². The zero-order chi connectivity index (χ0) is 20.9. The number of aryl methyl sites for hydroxylation is 2. The standard InChI is InChI=1S/C21H22ClNO5S/c22-18-7-9-19(10-8-18)29(26,27)23-12-11-21(25)28-14-20(24)17-6-5-15-3-1-2-4-16(15)13-17/h5-10,13,23H,1-4,11-12,14H2. The molecule has 8 heteroatoms. The van der Waals surface area contributed by atoms with E-state index in [0.717, 1.165) is 19.3 Å². The average molecular weight is 436 g/mol. The highest BCUT2D eigenvalue weighted by atomic mass is 35.5. The van der Waals surface area contributed by atoms with Gasteiger partial charge in [0, 0.05) is 17.1 Å². The lowest BCUT2D eigenvalue weighted by atomic mass is 9.90. The number of carbonyl (C=O) groups excluding carboxylic acids is 2. The van der Waals surface area contributed by atoms with Crippen molar-refractivity contribution < 1.29 is 22.7 Å². The molecule has 0 fully saturated rings. The lowest BCUT2D eigenvalue weighted by molar-refractivity contribution is -0.142. The Morgan fingerprint density at radius 1 is 1.00 bits per heavy atom. The van der Waals surface area contributed by atoms with E-state index in [9.17, 15) is 18.0 Å². The van der Waals surface area contributed by atoms with Gasteiger partial charge >= 0.3 is 5.97 Å². The van der Waals surface area contributed by atoms with Crippen LogP contribution in [0.4, 0.5) is 0 Å². The van der Waals surface area contributed by atoms with Gasteiger partial charge in [-0.3, -0.25) is 9.59 Å². The molecule has 1 N–H and O–H groups in total. The maximum Gasteiger partial charge on any atom is 0.307 e. The Labute approximate surface area is 175 Å². The van der Waals surface area contributed by atoms with E-state index in [1.54, 1.807) is 6.07 Å². The van der Waals surface area contributed by atoms with Crippen molar-refractivity contribution in [2.75, 3.05) is 13.2 Å². The fourth-order valence-corrected chi connectivity index (χ4v) is 4.35. The molecule has 3 rings (SSSR count). The third-order valence-corrected chi connectivity index (χ3v) is 6.51. The number of hydrogen-bond acceptors (Lipinski definition) is 5. The first kappa shape index (κ1) is 21.5. The fraction of sp³-hybridized carbons (Fsp3) is 0.333. The van der Waals surface area contributed by atoms with Crippen LogP contribution >= 0.6 is 11.6 Å². The topological polar surface area (TPSA) is 89.5 Å². The number of esters is 1. The summed E-state index contributed by atoms with van der Waals surface area (Å²) in [4.78, 5) is 24.2. The van der Waals surface area contributed by atoms with Crippen molar-refractivity contribution in [2.45, 2.75) is 37.0 Å². The molecule has 0 atom stereocenters. The molecule has 1 aliphatic rings. The zero-order valence-corrected chi connectivity index (χ0v) is 17.4. The molecule has 6 nitrogen and oxygen atoms in total. The molecular formula is C21H22ClNO5S. The van der Waals surface area contributed by atoms with Gasteiger partial charge in [0.1, 0.15) is 0 Å². The quantitative estimate of drug-likeness (QED) is 0.507. The van der Waals surface area contributed by atoms with E-state index >= 15 is 0 Å². The van der Waals surface area contributed by atoms with E-state index < -0.39 is 16.0 Å². The van der Waals surface area contributed by atoms with E-state index in [0.29, 0.717) is 10.6 Å². The van der Waals surface area contributed by atoms with E-state index in [-0.39, 0.29) is 30.3 Å². The van der Waals surface area contributed by atoms with Crippen LogP contribution in [0.15, 0.2) is 47.4 Å². The summed E-state index contributed by atoms with van der Waals surface area (Å²) in [5.41, 5.74) is 2.99. The Hall–Kier alpha value is -2.22. The Morgan fingerprint density at radius 3 is 2.41 bits per heavy atom. The van der Waals surface area contributed by atoms with Gasteiger partial charge in [0.2, 0.25) is 10.0 Å². The van der Waals surface area contributed by atoms with Crippen LogP contribution < -0.4 is 4.72 Å². The van der Waals surface area contributed by atoms with Crippen LogP contribution in [-0.2, 0) is 32.4 Å². The van der Waals surface area contributed by atoms with Crippen LogP contribution in [0.25, 0.3) is 0 Å². The average Bonchev–Trinajstić information content (AvgIpc) is 2.72. The zero-order valence-electron chi connectivity index (χ0n) is 15.8. The molecule has 0 aliphatic heterocycles. The molecule has 0 bridgehead atoms. The lowest BCUT2D eigenvalue weighted by Gasteiger charge is -2.16. The summed E-state index contributed by atoms with van der Waals surface area (Å²) in [6, 6.07) is 11.3. The number of halogens is 1. The normalized spacial score (nSPS) is 13.6. The second-order valence-corrected chi connectivity index (χ2v) is 9.08. The molecule has 29 heavy (non-hydrogen) atoms. The first-order valence-electron chi connectivity index (χ1n) is 9.41. The first-order valence-corrected chi connectivity index (χ1v) is 11.3. The summed E-state index contributed by atoms with van der Waals surface area (Å²) >= 11 is 5.74. The minimum atomic E-state index is -3.74. The number of sulfonamides is 1. The smallest absolute Gasteiger partial charge is 0.307 e. The summed E-state index contributed by atoms with van der Waals surface area (Å²) in [7, 11) is -3.74. The van der Waals surface area contributed by atoms with Gasteiger partial charge in [0.15, 0.2) is 12.4 Å². The summed E-state index contributed by atoms with van der Waals surface area (Å²) in [5.74, 6) is -0.913. The molecule has 0 amide bonds. The monoisotopic (exact) mass is 435 g/mol. The van der Waals surface area contributed by atoms with Crippen molar-refractivity contribution in [1.82, 2.24) is 4.72 Å². The van der Waals surface area contributed by atoms with Gasteiger partial charge < -0.3 is 4.74 Å². The van der Waals surface area contributed by atoms with Gasteiger partial charge in [-0.05, 0) is 67.1 Å². The Bertz CT molecular complexity index is 1000. The van der Waals surface area contributed by atoms with Crippen molar-refractivity contribution in [2.24, 2.45) is 0 Å². The molecule has 0 saturated heterocycles. The largest absolute Gasteiger partial charge is 0.457 e. The summed E-state index contributed by atoms with van der Waals surface area (Å²) in [6.07, 6.45) is 4.10. The highest BCUT2D eigenvalue weighted by Crippen LogP contribution is 2.22. The van der Waals surface area contributed by atoms with Crippen LogP contribution in [0.5, 0.6) is 0 Å². The summed E-state index contributed by atoms with van der Waals surface area (Å²) in [6.45, 7) is -0.488. The number of benzene rings is 2. The molecule has 0 spiro atoms. The molecule has 0 saturated carbocycles. The second kappa shape index (κ2) is 9.52. The SMILES string of the molecule is O=C(CCNS(=O)(=O)c1ccc(Cl)cc1)OCC(=O)c1ccc2c(c1)CCCC2. The van der Waals surface area contributed by atoms with Crippen molar-refractivity contribution in [3.05, 3.63) is 64.2 Å². The minimum absolute atomic E-state index is 0.0536. The molecule has 1 aliphatic carbocycles. The first-order chi connectivity index (χ1) is 13.8. The van der Waals surface area contributed by atoms with Crippen LogP contribution in [0.3, 0.4) is 0 Å². The van der Waals surface area contributed by atoms with Crippen LogP contribution in [-0.4, -0.2) is 33.3 Å². The Kier molecular flexibility index (Phi) is 7.05. The number of ether oxygens (including phenoxy) is 1. The maximum atomic E-state index is 12.3. The molecule has 2 aromatic rings. The molecule has 0 aromatic heterocycles. The number of hydrogen-bond donors (Lipinski definition) is 1. The minimum Gasteiger partial charge on any atom is -0.457 e. The predicted octanol–water partition coefficient (Wildman–Crippen LogP) is 3.31. The Morgan fingerprint density at radius 2 is 1.69 bits per heavy atom. The molecule has 2 aromatic carbocycles. The Balaban J connectivity index is 1.45. The number of fused-ring (bicyclic) bond motifs is 1. The fourth-order valence-electron chi connectivity index (χ4n) is 3.19. The number of nitrogens with one attached hydrogen (secondary N) is 1. The van der Waals surface area contributed by atoms with Gasteiger partial charge in [-0.15, -0.1) is 0 Å².